The molecule has 0 fully saturated rings. The number of hydrogen-bond donors (Lipinski definition) is 0. The normalized spacial score (nSPS) is 27.9. The summed E-state index contributed by atoms with van der Waals surface area (Å²) in [4.78, 5) is 0. The minimum absolute atomic E-state index is 0.383. The summed E-state index contributed by atoms with van der Waals surface area (Å²) in [5, 5.41) is 0. The molecule has 0 aromatic carbocycles. The molecule has 0 heterocycles. The Kier molecular flexibility index (Phi) is 3.67. The summed E-state index contributed by atoms with van der Waals surface area (Å²) in [6.07, 6.45) is 16.5. The van der Waals surface area contributed by atoms with Crippen molar-refractivity contribution in [3.63, 3.8) is 0 Å². The van der Waals surface area contributed by atoms with Gasteiger partial charge in [-0.25, -0.2) is 0 Å². The van der Waals surface area contributed by atoms with Gasteiger partial charge in [0.2, 0.25) is 0 Å². The van der Waals surface area contributed by atoms with E-state index in [9.17, 15) is 0 Å². The van der Waals surface area contributed by atoms with E-state index in [1.807, 2.05) is 6.08 Å². The molecule has 2 unspecified atom stereocenters. The van der Waals surface area contributed by atoms with Gasteiger partial charge in [0, 0.05) is 5.92 Å². The monoisotopic (exact) mass is 160 g/mol. The first-order valence-corrected chi connectivity index (χ1v) is 4.60. The van der Waals surface area contributed by atoms with Gasteiger partial charge in [0.05, 0.1) is 0 Å². The second-order valence-corrected chi connectivity index (χ2v) is 3.40. The van der Waals surface area contributed by atoms with E-state index in [1.54, 1.807) is 0 Å². The largest absolute Gasteiger partial charge is 0.119 e. The summed E-state index contributed by atoms with van der Waals surface area (Å²) in [5.41, 5.74) is 0. The minimum atomic E-state index is 0.383. The molecule has 1 rings (SSSR count). The molecular weight excluding hydrogens is 144 g/mol. The smallest absolute Gasteiger partial charge is 0.0382 e. The second-order valence-electron chi connectivity index (χ2n) is 3.40. The first kappa shape index (κ1) is 9.13. The lowest BCUT2D eigenvalue weighted by atomic mass is 9.84. The van der Waals surface area contributed by atoms with Gasteiger partial charge < -0.3 is 0 Å². The van der Waals surface area contributed by atoms with E-state index in [2.05, 4.69) is 24.7 Å². The highest BCUT2D eigenvalue weighted by molar-refractivity contribution is 5.09. The molecule has 64 valence electrons. The Bertz CT molecular complexity index is 205. The molecule has 0 radical (unpaired) electrons. The second kappa shape index (κ2) is 4.83. The van der Waals surface area contributed by atoms with E-state index in [1.165, 1.54) is 19.3 Å². The van der Waals surface area contributed by atoms with Crippen LogP contribution in [0, 0.1) is 24.2 Å². The van der Waals surface area contributed by atoms with E-state index in [4.69, 9.17) is 6.42 Å². The van der Waals surface area contributed by atoms with Crippen molar-refractivity contribution in [1.29, 1.82) is 0 Å². The van der Waals surface area contributed by atoms with E-state index in [0.29, 0.717) is 5.92 Å². The molecule has 0 aromatic rings. The van der Waals surface area contributed by atoms with Gasteiger partial charge >= 0.3 is 0 Å². The van der Waals surface area contributed by atoms with Crippen molar-refractivity contribution in [2.75, 3.05) is 0 Å². The van der Waals surface area contributed by atoms with Gasteiger partial charge in [0.25, 0.3) is 0 Å². The molecule has 0 saturated carbocycles. The molecule has 0 aromatic heterocycles. The van der Waals surface area contributed by atoms with Crippen LogP contribution in [0.25, 0.3) is 0 Å². The highest BCUT2D eigenvalue weighted by Crippen LogP contribution is 2.26. The van der Waals surface area contributed by atoms with Crippen molar-refractivity contribution in [1.82, 2.24) is 0 Å². The van der Waals surface area contributed by atoms with Gasteiger partial charge in [-0.2, -0.15) is 0 Å². The lowest BCUT2D eigenvalue weighted by Crippen LogP contribution is -2.09. The molecule has 12 heavy (non-hydrogen) atoms. The third-order valence-corrected chi connectivity index (χ3v) is 2.42. The molecule has 0 amide bonds. The van der Waals surface area contributed by atoms with Crippen LogP contribution < -0.4 is 0 Å². The van der Waals surface area contributed by atoms with Crippen LogP contribution in [0.4, 0.5) is 0 Å². The molecule has 0 nitrogen and oxygen atoms in total. The zero-order valence-electron chi connectivity index (χ0n) is 7.50. The number of allylic oxidation sites excluding steroid dienone is 3. The fraction of sp³-hybridized carbons (Fsp3) is 0.500. The first-order chi connectivity index (χ1) is 5.86. The van der Waals surface area contributed by atoms with Crippen molar-refractivity contribution in [2.45, 2.75) is 25.7 Å². The van der Waals surface area contributed by atoms with Gasteiger partial charge in [0.15, 0.2) is 0 Å². The first-order valence-electron chi connectivity index (χ1n) is 4.60. The summed E-state index contributed by atoms with van der Waals surface area (Å²) < 4.78 is 0. The third kappa shape index (κ3) is 2.58. The number of rotatable bonds is 3. The Morgan fingerprint density at radius 2 is 2.50 bits per heavy atom. The van der Waals surface area contributed by atoms with Crippen molar-refractivity contribution in [2.24, 2.45) is 11.8 Å². The Labute approximate surface area is 75.4 Å². The average molecular weight is 160 g/mol. The van der Waals surface area contributed by atoms with Crippen LogP contribution in [0.15, 0.2) is 24.8 Å². The standard InChI is InChI=1S/C12H16/c1-3-5-7-12-9-6-8-11(4-2)10-12/h2-3,6,8,11-12H,1,5,7,9-10H2. The molecule has 1 aliphatic carbocycles. The number of terminal acetylenes is 1. The van der Waals surface area contributed by atoms with Gasteiger partial charge in [-0.05, 0) is 31.6 Å². The van der Waals surface area contributed by atoms with Gasteiger partial charge in [-0.3, -0.25) is 0 Å². The summed E-state index contributed by atoms with van der Waals surface area (Å²) in [6.45, 7) is 3.73. The maximum atomic E-state index is 5.37. The topological polar surface area (TPSA) is 0 Å². The van der Waals surface area contributed by atoms with E-state index >= 15 is 0 Å². The third-order valence-electron chi connectivity index (χ3n) is 2.42. The fourth-order valence-electron chi connectivity index (χ4n) is 1.68. The zero-order chi connectivity index (χ0) is 8.81. The summed E-state index contributed by atoms with van der Waals surface area (Å²) in [7, 11) is 0. The van der Waals surface area contributed by atoms with Crippen molar-refractivity contribution < 1.29 is 0 Å². The van der Waals surface area contributed by atoms with Gasteiger partial charge in [0.1, 0.15) is 0 Å². The van der Waals surface area contributed by atoms with Crippen LogP contribution in [-0.2, 0) is 0 Å². The van der Waals surface area contributed by atoms with Crippen LogP contribution in [0.2, 0.25) is 0 Å². The molecule has 0 aliphatic heterocycles. The fourth-order valence-corrected chi connectivity index (χ4v) is 1.68. The van der Waals surface area contributed by atoms with Crippen molar-refractivity contribution in [3.05, 3.63) is 24.8 Å². The SMILES string of the molecule is C#CC1C=CCC(CCC=C)C1. The zero-order valence-corrected chi connectivity index (χ0v) is 7.50. The Hall–Kier alpha value is -0.960. The molecular formula is C12H16. The van der Waals surface area contributed by atoms with E-state index in [-0.39, 0.29) is 0 Å². The van der Waals surface area contributed by atoms with Crippen LogP contribution in [0.3, 0.4) is 0 Å². The maximum absolute atomic E-state index is 5.37. The van der Waals surface area contributed by atoms with Crippen LogP contribution in [0.5, 0.6) is 0 Å². The van der Waals surface area contributed by atoms with Crippen LogP contribution >= 0.6 is 0 Å². The Morgan fingerprint density at radius 1 is 1.67 bits per heavy atom. The molecule has 2 atom stereocenters. The quantitative estimate of drug-likeness (QED) is 0.439. The molecule has 0 heteroatoms. The van der Waals surface area contributed by atoms with Crippen molar-refractivity contribution in [3.8, 4) is 12.3 Å². The molecule has 0 bridgehead atoms. The van der Waals surface area contributed by atoms with E-state index < -0.39 is 0 Å². The van der Waals surface area contributed by atoms with Crippen LogP contribution in [-0.4, -0.2) is 0 Å². The highest BCUT2D eigenvalue weighted by Gasteiger charge is 2.14. The maximum Gasteiger partial charge on any atom is 0.0382 e. The molecule has 0 saturated heterocycles. The molecule has 1 aliphatic rings. The van der Waals surface area contributed by atoms with Gasteiger partial charge in [-0.1, -0.05) is 24.1 Å². The lowest BCUT2D eigenvalue weighted by Gasteiger charge is -2.20. The predicted octanol–water partition coefficient (Wildman–Crippen LogP) is 3.17. The minimum Gasteiger partial charge on any atom is -0.119 e. The summed E-state index contributed by atoms with van der Waals surface area (Å²) in [6, 6.07) is 0. The average Bonchev–Trinajstić information content (AvgIpc) is 2.15. The summed E-state index contributed by atoms with van der Waals surface area (Å²) >= 11 is 0. The lowest BCUT2D eigenvalue weighted by molar-refractivity contribution is 0.417. The summed E-state index contributed by atoms with van der Waals surface area (Å²) in [5.74, 6) is 3.97. The molecule has 0 spiro atoms. The predicted molar refractivity (Wildman–Crippen MR) is 53.6 cm³/mol. The van der Waals surface area contributed by atoms with Crippen molar-refractivity contribution >= 4 is 0 Å². The Balaban J connectivity index is 2.35. The Morgan fingerprint density at radius 3 is 3.17 bits per heavy atom. The van der Waals surface area contributed by atoms with Crippen LogP contribution in [0.1, 0.15) is 25.7 Å². The van der Waals surface area contributed by atoms with Gasteiger partial charge in [-0.15, -0.1) is 13.0 Å². The molecule has 0 N–H and O–H groups in total. The number of hydrogen-bond acceptors (Lipinski definition) is 0. The van der Waals surface area contributed by atoms with E-state index in [0.717, 1.165) is 12.3 Å². The highest BCUT2D eigenvalue weighted by atomic mass is 14.2.